The molecule has 2 bridgehead atoms. The minimum Gasteiger partial charge on any atom is -0.360 e. The smallest absolute Gasteiger partial charge is 0.0993 e. The molecule has 0 aromatic heterocycles. The van der Waals surface area contributed by atoms with E-state index in [1.54, 1.807) is 0 Å². The second-order valence-corrected chi connectivity index (χ2v) is 3.82. The molecule has 3 atom stereocenters. The van der Waals surface area contributed by atoms with Crippen molar-refractivity contribution in [3.63, 3.8) is 0 Å². The Morgan fingerprint density at radius 1 is 1.50 bits per heavy atom. The average Bonchev–Trinajstić information content (AvgIpc) is 2.64. The summed E-state index contributed by atoms with van der Waals surface area (Å²) in [7, 11) is 2.19. The predicted octanol–water partition coefficient (Wildman–Crippen LogP) is 0.954. The van der Waals surface area contributed by atoms with Crippen LogP contribution >= 0.6 is 0 Å². The van der Waals surface area contributed by atoms with Crippen LogP contribution in [0.5, 0.6) is 0 Å². The molecule has 0 radical (unpaired) electrons. The topological polar surface area (TPSA) is 12.5 Å². The lowest BCUT2D eigenvalue weighted by molar-refractivity contribution is 0.0941. The van der Waals surface area contributed by atoms with Gasteiger partial charge in [-0.15, -0.1) is 0 Å². The number of hydrogen-bond acceptors (Lipinski definition) is 2. The first-order valence-corrected chi connectivity index (χ1v) is 4.60. The van der Waals surface area contributed by atoms with Crippen molar-refractivity contribution in [1.82, 2.24) is 4.90 Å². The third-order valence-corrected chi connectivity index (χ3v) is 3.10. The molecule has 0 amide bonds. The average molecular weight is 163 g/mol. The molecule has 0 N–H and O–H groups in total. The van der Waals surface area contributed by atoms with Crippen LogP contribution in [0.3, 0.4) is 0 Å². The van der Waals surface area contributed by atoms with E-state index >= 15 is 0 Å². The van der Waals surface area contributed by atoms with Crippen molar-refractivity contribution in [2.24, 2.45) is 0 Å². The first-order valence-electron chi connectivity index (χ1n) is 4.60. The van der Waals surface area contributed by atoms with Gasteiger partial charge in [0.05, 0.1) is 18.2 Å². The maximum absolute atomic E-state index is 5.77. The van der Waals surface area contributed by atoms with Crippen molar-refractivity contribution in [2.75, 3.05) is 13.6 Å². The van der Waals surface area contributed by atoms with Crippen LogP contribution in [0.15, 0.2) is 23.8 Å². The van der Waals surface area contributed by atoms with E-state index in [0.717, 1.165) is 0 Å². The molecule has 2 heteroatoms. The van der Waals surface area contributed by atoms with E-state index in [1.165, 1.54) is 18.5 Å². The molecular weight excluding hydrogens is 150 g/mol. The molecule has 0 aromatic rings. The Bertz CT molecular complexity index is 269. The van der Waals surface area contributed by atoms with Gasteiger partial charge in [-0.1, -0.05) is 18.2 Å². The quantitative estimate of drug-likeness (QED) is 0.493. The van der Waals surface area contributed by atoms with E-state index in [9.17, 15) is 0 Å². The molecular formula is C10H13NO. The summed E-state index contributed by atoms with van der Waals surface area (Å²) in [6.07, 6.45) is 8.58. The van der Waals surface area contributed by atoms with Crippen LogP contribution in [0.25, 0.3) is 0 Å². The number of fused-ring (bicyclic) bond motifs is 5. The number of ether oxygens (including phenoxy) is 1. The molecule has 3 aliphatic rings. The van der Waals surface area contributed by atoms with Crippen LogP contribution < -0.4 is 0 Å². The highest BCUT2D eigenvalue weighted by Gasteiger charge is 2.44. The van der Waals surface area contributed by atoms with E-state index in [1.807, 2.05) is 0 Å². The minimum absolute atomic E-state index is 0.308. The first kappa shape index (κ1) is 6.87. The van der Waals surface area contributed by atoms with Crippen molar-refractivity contribution in [3.8, 4) is 0 Å². The van der Waals surface area contributed by atoms with Crippen molar-refractivity contribution in [2.45, 2.75) is 24.7 Å². The van der Waals surface area contributed by atoms with E-state index in [4.69, 9.17) is 4.74 Å². The Labute approximate surface area is 72.5 Å². The van der Waals surface area contributed by atoms with Crippen molar-refractivity contribution in [1.29, 1.82) is 0 Å². The van der Waals surface area contributed by atoms with E-state index in [-0.39, 0.29) is 0 Å². The number of nitrogens with zero attached hydrogens (tertiary/aromatic N) is 1. The Morgan fingerprint density at radius 2 is 2.42 bits per heavy atom. The molecule has 3 aliphatic heterocycles. The van der Waals surface area contributed by atoms with Gasteiger partial charge in [-0.05, 0) is 19.0 Å². The van der Waals surface area contributed by atoms with Gasteiger partial charge in [0.15, 0.2) is 0 Å². The summed E-state index contributed by atoms with van der Waals surface area (Å²) in [4.78, 5) is 2.41. The zero-order valence-corrected chi connectivity index (χ0v) is 7.23. The van der Waals surface area contributed by atoms with Gasteiger partial charge in [-0.25, -0.2) is 0 Å². The van der Waals surface area contributed by atoms with Crippen LogP contribution in [0.2, 0.25) is 0 Å². The number of rotatable bonds is 0. The van der Waals surface area contributed by atoms with Gasteiger partial charge in [-0.2, -0.15) is 0 Å². The maximum Gasteiger partial charge on any atom is 0.0993 e. The molecule has 3 heterocycles. The van der Waals surface area contributed by atoms with Crippen LogP contribution in [-0.4, -0.2) is 36.7 Å². The lowest BCUT2D eigenvalue weighted by atomic mass is 9.91. The summed E-state index contributed by atoms with van der Waals surface area (Å²) in [5.74, 6) is 0. The molecule has 2 nitrogen and oxygen atoms in total. The summed E-state index contributed by atoms with van der Waals surface area (Å²) >= 11 is 0. The van der Waals surface area contributed by atoms with E-state index in [0.29, 0.717) is 18.2 Å². The summed E-state index contributed by atoms with van der Waals surface area (Å²) in [6.45, 7) is 1.18. The molecule has 0 aliphatic carbocycles. The van der Waals surface area contributed by atoms with Gasteiger partial charge < -0.3 is 4.74 Å². The molecule has 1 saturated heterocycles. The Balaban J connectivity index is 2.03. The Hall–Kier alpha value is -0.600. The first-order chi connectivity index (χ1) is 5.86. The summed E-state index contributed by atoms with van der Waals surface area (Å²) < 4.78 is 5.77. The molecule has 12 heavy (non-hydrogen) atoms. The monoisotopic (exact) mass is 163 g/mol. The van der Waals surface area contributed by atoms with E-state index < -0.39 is 0 Å². The highest BCUT2D eigenvalue weighted by Crippen LogP contribution is 2.38. The largest absolute Gasteiger partial charge is 0.360 e. The lowest BCUT2D eigenvalue weighted by Gasteiger charge is -2.32. The molecule has 3 rings (SSSR count). The van der Waals surface area contributed by atoms with Gasteiger partial charge in [0.2, 0.25) is 0 Å². The van der Waals surface area contributed by atoms with Gasteiger partial charge in [0, 0.05) is 6.54 Å². The van der Waals surface area contributed by atoms with E-state index in [2.05, 4.69) is 30.2 Å². The number of likely N-dealkylation sites (N-methyl/N-ethyl adjacent to an activating group) is 1. The molecule has 64 valence electrons. The fourth-order valence-corrected chi connectivity index (χ4v) is 2.51. The molecule has 0 saturated carbocycles. The van der Waals surface area contributed by atoms with Crippen molar-refractivity contribution in [3.05, 3.63) is 23.8 Å². The van der Waals surface area contributed by atoms with Gasteiger partial charge in [0.1, 0.15) is 0 Å². The second kappa shape index (κ2) is 2.21. The fraction of sp³-hybridized carbons (Fsp3) is 0.600. The minimum atomic E-state index is 0.308. The highest BCUT2D eigenvalue weighted by atomic mass is 16.5. The maximum atomic E-state index is 5.77. The SMILES string of the molecule is CN1CCC=C2[C@@H]3C=C[C@@H](O3)[C@H]21. The summed E-state index contributed by atoms with van der Waals surface area (Å²) in [5.41, 5.74) is 1.50. The van der Waals surface area contributed by atoms with Crippen molar-refractivity contribution < 1.29 is 4.74 Å². The van der Waals surface area contributed by atoms with Gasteiger partial charge in [0.25, 0.3) is 0 Å². The zero-order chi connectivity index (χ0) is 8.13. The van der Waals surface area contributed by atoms with Crippen LogP contribution in [-0.2, 0) is 4.74 Å². The standard InChI is InChI=1S/C10H13NO/c1-11-6-2-3-7-8-4-5-9(12-8)10(7)11/h3-5,8-10H,2,6H2,1H3/t8-,9+,10-/m0/s1. The van der Waals surface area contributed by atoms with Gasteiger partial charge in [-0.3, -0.25) is 4.90 Å². The zero-order valence-electron chi connectivity index (χ0n) is 7.23. The second-order valence-electron chi connectivity index (χ2n) is 3.82. The molecule has 0 unspecified atom stereocenters. The molecule has 1 fully saturated rings. The lowest BCUT2D eigenvalue weighted by Crippen LogP contribution is -2.42. The molecule has 0 spiro atoms. The summed E-state index contributed by atoms with van der Waals surface area (Å²) in [6, 6.07) is 0.550. The normalized spacial score (nSPS) is 44.8. The third kappa shape index (κ3) is 0.718. The van der Waals surface area contributed by atoms with Crippen molar-refractivity contribution >= 4 is 0 Å². The van der Waals surface area contributed by atoms with Crippen LogP contribution in [0, 0.1) is 0 Å². The fourth-order valence-electron chi connectivity index (χ4n) is 2.51. The highest BCUT2D eigenvalue weighted by molar-refractivity contribution is 5.36. The summed E-state index contributed by atoms with van der Waals surface area (Å²) in [5, 5.41) is 0. The van der Waals surface area contributed by atoms with Crippen LogP contribution in [0.4, 0.5) is 0 Å². The predicted molar refractivity (Wildman–Crippen MR) is 46.9 cm³/mol. The van der Waals surface area contributed by atoms with Crippen LogP contribution in [0.1, 0.15) is 6.42 Å². The van der Waals surface area contributed by atoms with Gasteiger partial charge >= 0.3 is 0 Å². The molecule has 0 aromatic carbocycles. The number of hydrogen-bond donors (Lipinski definition) is 0. The third-order valence-electron chi connectivity index (χ3n) is 3.10. The Morgan fingerprint density at radius 3 is 3.25 bits per heavy atom. The Kier molecular flexibility index (Phi) is 1.26.